The maximum Gasteiger partial charge on any atom is 0.0654 e. The van der Waals surface area contributed by atoms with Crippen LogP contribution in [0, 0.1) is 0 Å². The van der Waals surface area contributed by atoms with Gasteiger partial charge in [-0.25, -0.2) is 0 Å². The molecule has 16 heavy (non-hydrogen) atoms. The van der Waals surface area contributed by atoms with Crippen molar-refractivity contribution in [3.8, 4) is 0 Å². The van der Waals surface area contributed by atoms with Gasteiger partial charge < -0.3 is 15.7 Å². The van der Waals surface area contributed by atoms with E-state index in [1.807, 2.05) is 6.07 Å². The Morgan fingerprint density at radius 1 is 1.44 bits per heavy atom. The standard InChI is InChI=1S/C11H14Cl2N2O/c12-8-1-2-10(9(13)5-8)15-4-3-11(14,6-15)7-16/h1-2,5,16H,3-4,6-7,14H2. The Balaban J connectivity index is 2.21. The molecule has 1 unspecified atom stereocenters. The van der Waals surface area contributed by atoms with E-state index >= 15 is 0 Å². The fourth-order valence-corrected chi connectivity index (χ4v) is 2.50. The number of benzene rings is 1. The zero-order chi connectivity index (χ0) is 11.8. The lowest BCUT2D eigenvalue weighted by atomic mass is 10.0. The van der Waals surface area contributed by atoms with Gasteiger partial charge in [-0.3, -0.25) is 0 Å². The van der Waals surface area contributed by atoms with E-state index in [0.29, 0.717) is 16.6 Å². The van der Waals surface area contributed by atoms with Crippen molar-refractivity contribution >= 4 is 28.9 Å². The van der Waals surface area contributed by atoms with E-state index in [-0.39, 0.29) is 6.61 Å². The van der Waals surface area contributed by atoms with Gasteiger partial charge in [-0.1, -0.05) is 23.2 Å². The van der Waals surface area contributed by atoms with Gasteiger partial charge in [0.2, 0.25) is 0 Å². The molecule has 1 aliphatic rings. The molecule has 3 nitrogen and oxygen atoms in total. The molecule has 88 valence electrons. The third kappa shape index (κ3) is 2.28. The van der Waals surface area contributed by atoms with E-state index in [4.69, 9.17) is 28.9 Å². The first kappa shape index (κ1) is 12.0. The van der Waals surface area contributed by atoms with Crippen LogP contribution in [0.15, 0.2) is 18.2 Å². The van der Waals surface area contributed by atoms with Crippen molar-refractivity contribution in [1.82, 2.24) is 0 Å². The first-order chi connectivity index (χ1) is 7.54. The van der Waals surface area contributed by atoms with Crippen LogP contribution in [0.3, 0.4) is 0 Å². The van der Waals surface area contributed by atoms with Crippen molar-refractivity contribution in [2.75, 3.05) is 24.6 Å². The van der Waals surface area contributed by atoms with E-state index in [0.717, 1.165) is 18.7 Å². The summed E-state index contributed by atoms with van der Waals surface area (Å²) in [5.41, 5.74) is 6.42. The molecular formula is C11H14Cl2N2O. The smallest absolute Gasteiger partial charge is 0.0654 e. The molecule has 1 atom stereocenters. The number of aliphatic hydroxyl groups excluding tert-OH is 1. The Bertz CT molecular complexity index is 400. The number of aliphatic hydroxyl groups is 1. The molecule has 1 aromatic rings. The molecule has 5 heteroatoms. The second kappa shape index (κ2) is 4.41. The fraction of sp³-hybridized carbons (Fsp3) is 0.455. The molecule has 1 heterocycles. The van der Waals surface area contributed by atoms with Crippen molar-refractivity contribution in [3.63, 3.8) is 0 Å². The molecule has 0 radical (unpaired) electrons. The summed E-state index contributed by atoms with van der Waals surface area (Å²) in [6, 6.07) is 5.40. The number of rotatable bonds is 2. The molecule has 1 saturated heterocycles. The third-order valence-electron chi connectivity index (χ3n) is 2.95. The quantitative estimate of drug-likeness (QED) is 0.854. The van der Waals surface area contributed by atoms with E-state index in [9.17, 15) is 5.11 Å². The van der Waals surface area contributed by atoms with Crippen LogP contribution < -0.4 is 10.6 Å². The van der Waals surface area contributed by atoms with Crippen LogP contribution in [0.2, 0.25) is 10.0 Å². The van der Waals surface area contributed by atoms with Crippen LogP contribution in [-0.4, -0.2) is 30.3 Å². The third-order valence-corrected chi connectivity index (χ3v) is 3.49. The minimum Gasteiger partial charge on any atom is -0.394 e. The van der Waals surface area contributed by atoms with E-state index < -0.39 is 5.54 Å². The van der Waals surface area contributed by atoms with Crippen molar-refractivity contribution in [1.29, 1.82) is 0 Å². The van der Waals surface area contributed by atoms with Gasteiger partial charge in [-0.15, -0.1) is 0 Å². The summed E-state index contributed by atoms with van der Waals surface area (Å²) < 4.78 is 0. The normalized spacial score (nSPS) is 25.1. The maximum atomic E-state index is 9.20. The predicted molar refractivity (Wildman–Crippen MR) is 67.3 cm³/mol. The zero-order valence-corrected chi connectivity index (χ0v) is 10.3. The molecule has 0 bridgehead atoms. The van der Waals surface area contributed by atoms with E-state index in [1.165, 1.54) is 0 Å². The molecule has 0 spiro atoms. The predicted octanol–water partition coefficient (Wildman–Crippen LogP) is 1.89. The molecule has 1 fully saturated rings. The van der Waals surface area contributed by atoms with E-state index in [2.05, 4.69) is 4.90 Å². The largest absolute Gasteiger partial charge is 0.394 e. The second-order valence-electron chi connectivity index (χ2n) is 4.29. The lowest BCUT2D eigenvalue weighted by Gasteiger charge is -2.24. The number of halogens is 2. The molecule has 0 amide bonds. The van der Waals surface area contributed by atoms with Gasteiger partial charge >= 0.3 is 0 Å². The molecule has 0 saturated carbocycles. The summed E-state index contributed by atoms with van der Waals surface area (Å²) in [6.07, 6.45) is 0.766. The molecule has 0 aromatic heterocycles. The van der Waals surface area contributed by atoms with Crippen LogP contribution >= 0.6 is 23.2 Å². The highest BCUT2D eigenvalue weighted by molar-refractivity contribution is 6.36. The first-order valence-electron chi connectivity index (χ1n) is 5.14. The lowest BCUT2D eigenvalue weighted by molar-refractivity contribution is 0.210. The lowest BCUT2D eigenvalue weighted by Crippen LogP contribution is -2.46. The van der Waals surface area contributed by atoms with Gasteiger partial charge in [-0.05, 0) is 24.6 Å². The number of nitrogens with zero attached hydrogens (tertiary/aromatic N) is 1. The molecule has 2 rings (SSSR count). The fourth-order valence-electron chi connectivity index (χ4n) is 1.97. The van der Waals surface area contributed by atoms with Gasteiger partial charge in [0, 0.05) is 18.1 Å². The van der Waals surface area contributed by atoms with Crippen LogP contribution in [0.4, 0.5) is 5.69 Å². The van der Waals surface area contributed by atoms with Crippen LogP contribution in [0.1, 0.15) is 6.42 Å². The Labute approximate surface area is 105 Å². The van der Waals surface area contributed by atoms with Crippen molar-refractivity contribution in [2.24, 2.45) is 5.73 Å². The van der Waals surface area contributed by atoms with Gasteiger partial charge in [0.25, 0.3) is 0 Å². The van der Waals surface area contributed by atoms with Crippen molar-refractivity contribution in [2.45, 2.75) is 12.0 Å². The Hall–Kier alpha value is -0.480. The van der Waals surface area contributed by atoms with Gasteiger partial charge in [0.15, 0.2) is 0 Å². The highest BCUT2D eigenvalue weighted by Crippen LogP contribution is 2.32. The summed E-state index contributed by atoms with van der Waals surface area (Å²) in [5.74, 6) is 0. The monoisotopic (exact) mass is 260 g/mol. The molecule has 3 N–H and O–H groups in total. The van der Waals surface area contributed by atoms with Gasteiger partial charge in [-0.2, -0.15) is 0 Å². The minimum absolute atomic E-state index is 0.00525. The molecular weight excluding hydrogens is 247 g/mol. The van der Waals surface area contributed by atoms with Crippen LogP contribution in [-0.2, 0) is 0 Å². The Kier molecular flexibility index (Phi) is 3.31. The summed E-state index contributed by atoms with van der Waals surface area (Å²) in [4.78, 5) is 2.08. The highest BCUT2D eigenvalue weighted by Gasteiger charge is 2.34. The highest BCUT2D eigenvalue weighted by atomic mass is 35.5. The SMILES string of the molecule is NC1(CO)CCN(c2ccc(Cl)cc2Cl)C1. The summed E-state index contributed by atoms with van der Waals surface area (Å²) in [6.45, 7) is 1.41. The minimum atomic E-state index is -0.511. The topological polar surface area (TPSA) is 49.5 Å². The van der Waals surface area contributed by atoms with E-state index in [1.54, 1.807) is 12.1 Å². The molecule has 1 aliphatic heterocycles. The Morgan fingerprint density at radius 2 is 2.19 bits per heavy atom. The van der Waals surface area contributed by atoms with Crippen molar-refractivity contribution < 1.29 is 5.11 Å². The number of anilines is 1. The second-order valence-corrected chi connectivity index (χ2v) is 5.13. The summed E-state index contributed by atoms with van der Waals surface area (Å²) in [5, 5.41) is 10.4. The summed E-state index contributed by atoms with van der Waals surface area (Å²) >= 11 is 12.0. The number of hydrogen-bond donors (Lipinski definition) is 2. The van der Waals surface area contributed by atoms with Crippen LogP contribution in [0.25, 0.3) is 0 Å². The Morgan fingerprint density at radius 3 is 2.75 bits per heavy atom. The average molecular weight is 261 g/mol. The summed E-state index contributed by atoms with van der Waals surface area (Å²) in [7, 11) is 0. The number of hydrogen-bond acceptors (Lipinski definition) is 3. The molecule has 0 aliphatic carbocycles. The van der Waals surface area contributed by atoms with Crippen molar-refractivity contribution in [3.05, 3.63) is 28.2 Å². The maximum absolute atomic E-state index is 9.20. The van der Waals surface area contributed by atoms with Gasteiger partial charge in [0.05, 0.1) is 22.9 Å². The van der Waals surface area contributed by atoms with Gasteiger partial charge in [0.1, 0.15) is 0 Å². The molecule has 1 aromatic carbocycles. The van der Waals surface area contributed by atoms with Crippen LogP contribution in [0.5, 0.6) is 0 Å². The number of nitrogens with two attached hydrogens (primary N) is 1. The zero-order valence-electron chi connectivity index (χ0n) is 8.79. The first-order valence-corrected chi connectivity index (χ1v) is 5.89. The average Bonchev–Trinajstić information content (AvgIpc) is 2.62.